The van der Waals surface area contributed by atoms with Gasteiger partial charge < -0.3 is 20.5 Å². The topological polar surface area (TPSA) is 133 Å². The van der Waals surface area contributed by atoms with E-state index in [0.717, 1.165) is 29.1 Å². The van der Waals surface area contributed by atoms with Gasteiger partial charge in [-0.25, -0.2) is 4.98 Å². The number of hydrogen-bond donors (Lipinski definition) is 4. The molecule has 1 fully saturated rings. The van der Waals surface area contributed by atoms with E-state index >= 15 is 0 Å². The summed E-state index contributed by atoms with van der Waals surface area (Å²) in [4.78, 5) is 24.9. The number of benzene rings is 1. The molecule has 12 heteroatoms. The standard InChI is InChI=1S/C28H36N8O3S/c1-5-28(4,6-2)39-22-16-35(15-21(22)37)17-25(38)29-19-9-11-20(12-10-19)40-27-31-24-8-7-13-36(24)26(32-27)30-23-14-18(3)33-34-23/h7-14,21-22,37H,5-6,15-17H2,1-4H3,(H,29,38)(H2,30,31,32,33,34). The Balaban J connectivity index is 1.18. The summed E-state index contributed by atoms with van der Waals surface area (Å²) in [5.74, 6) is 1.16. The van der Waals surface area contributed by atoms with Crippen LogP contribution in [0.2, 0.25) is 0 Å². The first-order valence-corrected chi connectivity index (χ1v) is 14.4. The summed E-state index contributed by atoms with van der Waals surface area (Å²) in [5, 5.41) is 24.4. The van der Waals surface area contributed by atoms with Gasteiger partial charge in [-0.2, -0.15) is 10.1 Å². The van der Waals surface area contributed by atoms with Crippen LogP contribution in [0.1, 0.15) is 39.3 Å². The summed E-state index contributed by atoms with van der Waals surface area (Å²) in [5.41, 5.74) is 2.15. The minimum Gasteiger partial charge on any atom is -0.389 e. The van der Waals surface area contributed by atoms with Crippen LogP contribution in [0.4, 0.5) is 17.5 Å². The minimum atomic E-state index is -0.603. The molecule has 1 saturated heterocycles. The third kappa shape index (κ3) is 6.64. The Hall–Kier alpha value is -3.45. The summed E-state index contributed by atoms with van der Waals surface area (Å²) in [6.45, 7) is 9.33. The van der Waals surface area contributed by atoms with E-state index in [2.05, 4.69) is 46.6 Å². The van der Waals surface area contributed by atoms with E-state index < -0.39 is 6.10 Å². The number of likely N-dealkylation sites (tertiary alicyclic amines) is 1. The first kappa shape index (κ1) is 28.1. The third-order valence-corrected chi connectivity index (χ3v) is 8.14. The number of hydrogen-bond acceptors (Lipinski definition) is 9. The molecule has 0 aliphatic carbocycles. The van der Waals surface area contributed by atoms with Crippen molar-refractivity contribution >= 4 is 40.8 Å². The number of nitrogens with zero attached hydrogens (tertiary/aromatic N) is 5. The number of carbonyl (C=O) groups excluding carboxylic acids is 1. The molecule has 4 aromatic rings. The van der Waals surface area contributed by atoms with Gasteiger partial charge in [0.2, 0.25) is 11.9 Å². The van der Waals surface area contributed by atoms with Gasteiger partial charge in [-0.3, -0.25) is 19.2 Å². The zero-order chi connectivity index (χ0) is 28.3. The normalized spacial score (nSPS) is 17.9. The van der Waals surface area contributed by atoms with Crippen molar-refractivity contribution in [3.8, 4) is 0 Å². The predicted octanol–water partition coefficient (Wildman–Crippen LogP) is 4.23. The zero-order valence-electron chi connectivity index (χ0n) is 23.2. The Labute approximate surface area is 237 Å². The second-order valence-electron chi connectivity index (χ2n) is 10.4. The van der Waals surface area contributed by atoms with Crippen LogP contribution in [0.3, 0.4) is 0 Å². The maximum absolute atomic E-state index is 12.7. The molecule has 40 heavy (non-hydrogen) atoms. The smallest absolute Gasteiger partial charge is 0.238 e. The Kier molecular flexibility index (Phi) is 8.40. The van der Waals surface area contributed by atoms with E-state index in [-0.39, 0.29) is 24.2 Å². The zero-order valence-corrected chi connectivity index (χ0v) is 24.0. The van der Waals surface area contributed by atoms with Crippen molar-refractivity contribution in [1.82, 2.24) is 29.5 Å². The van der Waals surface area contributed by atoms with Gasteiger partial charge in [0.05, 0.1) is 24.4 Å². The van der Waals surface area contributed by atoms with E-state index in [4.69, 9.17) is 9.72 Å². The number of ether oxygens (including phenoxy) is 1. The molecule has 1 aliphatic heterocycles. The second-order valence-corrected chi connectivity index (χ2v) is 11.4. The van der Waals surface area contributed by atoms with Crippen LogP contribution in [0.15, 0.2) is 58.7 Å². The lowest BCUT2D eigenvalue weighted by Gasteiger charge is -2.32. The number of anilines is 3. The average Bonchev–Trinajstić information content (AvgIpc) is 3.65. The Morgan fingerprint density at radius 3 is 2.67 bits per heavy atom. The number of amides is 1. The number of nitrogens with one attached hydrogen (secondary N) is 3. The highest BCUT2D eigenvalue weighted by atomic mass is 32.2. The fourth-order valence-corrected chi connectivity index (χ4v) is 5.37. The molecule has 4 heterocycles. The van der Waals surface area contributed by atoms with Gasteiger partial charge in [0, 0.05) is 41.6 Å². The van der Waals surface area contributed by atoms with E-state index in [1.165, 1.54) is 11.8 Å². The monoisotopic (exact) mass is 564 g/mol. The lowest BCUT2D eigenvalue weighted by molar-refractivity contribution is -0.118. The van der Waals surface area contributed by atoms with Gasteiger partial charge in [0.15, 0.2) is 11.0 Å². The van der Waals surface area contributed by atoms with Crippen molar-refractivity contribution in [1.29, 1.82) is 0 Å². The van der Waals surface area contributed by atoms with Crippen LogP contribution in [0.5, 0.6) is 0 Å². The number of H-pyrrole nitrogens is 1. The van der Waals surface area contributed by atoms with Crippen molar-refractivity contribution < 1.29 is 14.6 Å². The largest absolute Gasteiger partial charge is 0.389 e. The van der Waals surface area contributed by atoms with Gasteiger partial charge in [-0.1, -0.05) is 13.8 Å². The molecule has 1 aliphatic rings. The highest BCUT2D eigenvalue weighted by Crippen LogP contribution is 2.29. The number of carbonyl (C=O) groups is 1. The van der Waals surface area contributed by atoms with Gasteiger partial charge in [0.1, 0.15) is 5.65 Å². The number of aryl methyl sites for hydroxylation is 1. The summed E-state index contributed by atoms with van der Waals surface area (Å²) in [6.07, 6.45) is 2.75. The summed E-state index contributed by atoms with van der Waals surface area (Å²) >= 11 is 1.43. The van der Waals surface area contributed by atoms with Gasteiger partial charge in [-0.05, 0) is 74.8 Å². The lowest BCUT2D eigenvalue weighted by Crippen LogP contribution is -2.38. The Morgan fingerprint density at radius 1 is 1.20 bits per heavy atom. The van der Waals surface area contributed by atoms with Crippen LogP contribution in [0.25, 0.3) is 5.65 Å². The van der Waals surface area contributed by atoms with E-state index in [9.17, 15) is 9.90 Å². The minimum absolute atomic E-state index is 0.131. The van der Waals surface area contributed by atoms with E-state index in [0.29, 0.717) is 35.7 Å². The maximum Gasteiger partial charge on any atom is 0.238 e. The molecule has 1 amide bonds. The van der Waals surface area contributed by atoms with Gasteiger partial charge >= 0.3 is 0 Å². The Morgan fingerprint density at radius 2 is 1.98 bits per heavy atom. The van der Waals surface area contributed by atoms with Crippen molar-refractivity contribution in [2.45, 2.75) is 68.4 Å². The van der Waals surface area contributed by atoms with E-state index in [1.807, 2.05) is 64.9 Å². The van der Waals surface area contributed by atoms with Crippen LogP contribution in [0, 0.1) is 6.92 Å². The fourth-order valence-electron chi connectivity index (χ4n) is 4.62. The first-order chi connectivity index (χ1) is 19.2. The molecule has 2 unspecified atom stereocenters. The third-order valence-electron chi connectivity index (χ3n) is 7.27. The number of aromatic nitrogens is 5. The number of fused-ring (bicyclic) bond motifs is 1. The van der Waals surface area contributed by atoms with Crippen LogP contribution < -0.4 is 10.6 Å². The van der Waals surface area contributed by atoms with Crippen molar-refractivity contribution in [2.24, 2.45) is 0 Å². The summed E-state index contributed by atoms with van der Waals surface area (Å²) in [7, 11) is 0. The quantitative estimate of drug-likeness (QED) is 0.211. The lowest BCUT2D eigenvalue weighted by atomic mass is 9.99. The molecule has 2 atom stereocenters. The van der Waals surface area contributed by atoms with Crippen molar-refractivity contribution in [2.75, 3.05) is 30.3 Å². The molecule has 5 rings (SSSR count). The van der Waals surface area contributed by atoms with Crippen LogP contribution in [-0.2, 0) is 9.53 Å². The van der Waals surface area contributed by atoms with Crippen LogP contribution >= 0.6 is 11.8 Å². The number of aliphatic hydroxyl groups is 1. The number of aromatic amines is 1. The maximum atomic E-state index is 12.7. The SMILES string of the molecule is CCC(C)(CC)OC1CN(CC(=O)Nc2ccc(Sc3nc(Nc4cc(C)[nH]n4)n4cccc4n3)cc2)CC1O. The highest BCUT2D eigenvalue weighted by Gasteiger charge is 2.37. The fraction of sp³-hybridized carbons (Fsp3) is 0.429. The molecule has 4 N–H and O–H groups in total. The number of aliphatic hydroxyl groups excluding tert-OH is 1. The molecule has 1 aromatic carbocycles. The van der Waals surface area contributed by atoms with Crippen molar-refractivity contribution in [3.63, 3.8) is 0 Å². The molecule has 0 saturated carbocycles. The number of rotatable bonds is 11. The van der Waals surface area contributed by atoms with Gasteiger partial charge in [0.25, 0.3) is 0 Å². The highest BCUT2D eigenvalue weighted by molar-refractivity contribution is 7.99. The van der Waals surface area contributed by atoms with Gasteiger partial charge in [-0.15, -0.1) is 0 Å². The molecule has 0 radical (unpaired) electrons. The van der Waals surface area contributed by atoms with Crippen LogP contribution in [-0.4, -0.2) is 77.9 Å². The summed E-state index contributed by atoms with van der Waals surface area (Å²) in [6, 6.07) is 13.3. The first-order valence-electron chi connectivity index (χ1n) is 13.5. The molecule has 0 spiro atoms. The average molecular weight is 565 g/mol. The molecular weight excluding hydrogens is 528 g/mol. The predicted molar refractivity (Wildman–Crippen MR) is 155 cm³/mol. The second kappa shape index (κ2) is 12.0. The molecule has 0 bridgehead atoms. The number of β-amino-alcohol motifs (C(OH)–C–C–N with tert-alkyl or cyclic N) is 1. The molecule has 212 valence electrons. The van der Waals surface area contributed by atoms with Crippen molar-refractivity contribution in [3.05, 3.63) is 54.4 Å². The summed E-state index contributed by atoms with van der Waals surface area (Å²) < 4.78 is 8.08. The Bertz CT molecular complexity index is 1450. The molecule has 3 aromatic heterocycles. The van der Waals surface area contributed by atoms with E-state index in [1.54, 1.807) is 0 Å². The molecular formula is C28H36N8O3S. The molecule has 11 nitrogen and oxygen atoms in total.